The van der Waals surface area contributed by atoms with E-state index in [1.165, 1.54) is 30.7 Å². The maximum Gasteiger partial charge on any atom is 0.258 e. The van der Waals surface area contributed by atoms with Crippen molar-refractivity contribution in [2.24, 2.45) is 5.92 Å². The Balaban J connectivity index is 1.53. The number of carbonyl (C=O) groups is 1. The topological polar surface area (TPSA) is 56.2 Å². The fourth-order valence-electron chi connectivity index (χ4n) is 4.03. The van der Waals surface area contributed by atoms with Crippen LogP contribution in [0.4, 0.5) is 8.78 Å². The first-order valence-electron chi connectivity index (χ1n) is 11.0. The molecule has 1 aliphatic carbocycles. The zero-order valence-electron chi connectivity index (χ0n) is 18.1. The highest BCUT2D eigenvalue weighted by Crippen LogP contribution is 2.25. The van der Waals surface area contributed by atoms with Crippen molar-refractivity contribution in [3.8, 4) is 5.88 Å². The van der Waals surface area contributed by atoms with Gasteiger partial charge in [0.1, 0.15) is 23.8 Å². The van der Waals surface area contributed by atoms with E-state index in [1.54, 1.807) is 35.1 Å². The van der Waals surface area contributed by atoms with E-state index in [1.807, 2.05) is 0 Å². The first kappa shape index (κ1) is 22.0. The van der Waals surface area contributed by atoms with E-state index in [0.717, 1.165) is 30.4 Å². The van der Waals surface area contributed by atoms with Gasteiger partial charge >= 0.3 is 0 Å². The van der Waals surface area contributed by atoms with Crippen molar-refractivity contribution in [3.05, 3.63) is 83.1 Å². The molecule has 2 unspecified atom stereocenters. The van der Waals surface area contributed by atoms with Crippen molar-refractivity contribution >= 4 is 5.91 Å². The zero-order valence-corrected chi connectivity index (χ0v) is 18.1. The number of amides is 1. The van der Waals surface area contributed by atoms with Gasteiger partial charge in [0.25, 0.3) is 5.91 Å². The number of hydrogen-bond acceptors (Lipinski definition) is 3. The molecule has 0 spiro atoms. The van der Waals surface area contributed by atoms with Crippen LogP contribution in [0.3, 0.4) is 0 Å². The molecule has 1 N–H and O–H groups in total. The molecule has 7 heteroatoms. The maximum absolute atomic E-state index is 13.2. The average Bonchev–Trinajstić information content (AvgIpc) is 3.19. The second-order valence-electron chi connectivity index (χ2n) is 8.43. The lowest BCUT2D eigenvalue weighted by Gasteiger charge is -2.29. The van der Waals surface area contributed by atoms with Gasteiger partial charge in [-0.25, -0.2) is 8.78 Å². The van der Waals surface area contributed by atoms with Gasteiger partial charge < -0.3 is 10.1 Å². The van der Waals surface area contributed by atoms with Crippen LogP contribution in [0.1, 0.15) is 54.1 Å². The van der Waals surface area contributed by atoms with Gasteiger partial charge in [0.15, 0.2) is 0 Å². The Kier molecular flexibility index (Phi) is 6.83. The van der Waals surface area contributed by atoms with Gasteiger partial charge in [-0.1, -0.05) is 44.0 Å². The minimum absolute atomic E-state index is 0.127. The number of nitrogens with zero attached hydrogens (tertiary/aromatic N) is 2. The molecule has 1 aromatic heterocycles. The van der Waals surface area contributed by atoms with Crippen LogP contribution in [0.25, 0.3) is 0 Å². The van der Waals surface area contributed by atoms with Gasteiger partial charge in [-0.2, -0.15) is 0 Å². The van der Waals surface area contributed by atoms with E-state index in [2.05, 4.69) is 17.3 Å². The number of carbonyl (C=O) groups excluding carboxylic acids is 1. The molecule has 2 atom stereocenters. The third-order valence-corrected chi connectivity index (χ3v) is 5.95. The number of hydrogen-bond donors (Lipinski definition) is 1. The summed E-state index contributed by atoms with van der Waals surface area (Å²) in [5, 5.41) is 7.60. The van der Waals surface area contributed by atoms with Crippen molar-refractivity contribution in [2.75, 3.05) is 0 Å². The van der Waals surface area contributed by atoms with E-state index in [4.69, 9.17) is 4.74 Å². The molecule has 168 valence electrons. The number of benzene rings is 2. The first-order chi connectivity index (χ1) is 15.5. The van der Waals surface area contributed by atoms with Crippen LogP contribution in [0.5, 0.6) is 5.88 Å². The summed E-state index contributed by atoms with van der Waals surface area (Å²) < 4.78 is 33.9. The highest BCUT2D eigenvalue weighted by molar-refractivity contribution is 5.96. The van der Waals surface area contributed by atoms with E-state index in [0.29, 0.717) is 18.0 Å². The third kappa shape index (κ3) is 5.52. The predicted molar refractivity (Wildman–Crippen MR) is 117 cm³/mol. The van der Waals surface area contributed by atoms with Crippen molar-refractivity contribution in [2.45, 2.75) is 51.8 Å². The molecule has 0 bridgehead atoms. The van der Waals surface area contributed by atoms with Gasteiger partial charge in [-0.3, -0.25) is 9.48 Å². The van der Waals surface area contributed by atoms with E-state index < -0.39 is 0 Å². The normalized spacial score (nSPS) is 18.3. The second kappa shape index (κ2) is 9.94. The molecule has 3 aromatic rings. The number of ether oxygens (including phenoxy) is 1. The standard InChI is InChI=1S/C25H27F2N3O2/c1-17-4-2-3-5-23(17)28-24(31)22-15-30(14-18-6-10-20(26)11-7-18)29-25(22)32-16-19-8-12-21(27)13-9-19/h6-13,15,17,23H,2-5,14,16H2,1H3,(H,28,31). The molecular weight excluding hydrogens is 412 g/mol. The van der Waals surface area contributed by atoms with Gasteiger partial charge in [0, 0.05) is 12.2 Å². The monoisotopic (exact) mass is 439 g/mol. The van der Waals surface area contributed by atoms with Crippen LogP contribution in [0.15, 0.2) is 54.7 Å². The summed E-state index contributed by atoms with van der Waals surface area (Å²) in [5.41, 5.74) is 1.98. The van der Waals surface area contributed by atoms with Crippen LogP contribution < -0.4 is 10.1 Å². The summed E-state index contributed by atoms with van der Waals surface area (Å²) >= 11 is 0. The molecule has 1 aliphatic rings. The van der Waals surface area contributed by atoms with Crippen molar-refractivity contribution in [1.29, 1.82) is 0 Å². The SMILES string of the molecule is CC1CCCCC1NC(=O)c1cn(Cc2ccc(F)cc2)nc1OCc1ccc(F)cc1. The highest BCUT2D eigenvalue weighted by Gasteiger charge is 2.26. The third-order valence-electron chi connectivity index (χ3n) is 5.95. The van der Waals surface area contributed by atoms with Crippen LogP contribution in [-0.4, -0.2) is 21.7 Å². The molecule has 1 amide bonds. The minimum Gasteiger partial charge on any atom is -0.471 e. The Hall–Kier alpha value is -3.22. The fraction of sp³-hybridized carbons (Fsp3) is 0.360. The molecule has 0 aliphatic heterocycles. The molecule has 0 saturated heterocycles. The Morgan fingerprint density at radius 1 is 1.03 bits per heavy atom. The Labute approximate surface area is 186 Å². The Bertz CT molecular complexity index is 1050. The lowest BCUT2D eigenvalue weighted by Crippen LogP contribution is -2.41. The van der Waals surface area contributed by atoms with Crippen LogP contribution in [0, 0.1) is 17.6 Å². The summed E-state index contributed by atoms with van der Waals surface area (Å²) in [6.45, 7) is 2.70. The average molecular weight is 440 g/mol. The van der Waals surface area contributed by atoms with Gasteiger partial charge in [0.05, 0.1) is 6.54 Å². The summed E-state index contributed by atoms with van der Waals surface area (Å²) in [6.07, 6.45) is 6.01. The first-order valence-corrected chi connectivity index (χ1v) is 11.0. The molecule has 5 nitrogen and oxygen atoms in total. The summed E-state index contributed by atoms with van der Waals surface area (Å²) in [7, 11) is 0. The Morgan fingerprint density at radius 2 is 1.66 bits per heavy atom. The highest BCUT2D eigenvalue weighted by atomic mass is 19.1. The van der Waals surface area contributed by atoms with E-state index >= 15 is 0 Å². The van der Waals surface area contributed by atoms with Gasteiger partial charge in [-0.05, 0) is 54.2 Å². The molecule has 1 fully saturated rings. The zero-order chi connectivity index (χ0) is 22.5. The molecular formula is C25H27F2N3O2. The summed E-state index contributed by atoms with van der Waals surface area (Å²) in [5.74, 6) is -0.204. The van der Waals surface area contributed by atoms with Crippen LogP contribution in [0.2, 0.25) is 0 Å². The van der Waals surface area contributed by atoms with Crippen molar-refractivity contribution in [3.63, 3.8) is 0 Å². The molecule has 0 radical (unpaired) electrons. The van der Waals surface area contributed by atoms with Gasteiger partial charge in [0.2, 0.25) is 5.88 Å². The number of nitrogens with one attached hydrogen (secondary N) is 1. The molecule has 4 rings (SSSR count). The molecule has 1 saturated carbocycles. The van der Waals surface area contributed by atoms with Crippen molar-refractivity contribution < 1.29 is 18.3 Å². The van der Waals surface area contributed by atoms with Gasteiger partial charge in [-0.15, -0.1) is 5.10 Å². The smallest absolute Gasteiger partial charge is 0.258 e. The quantitative estimate of drug-likeness (QED) is 0.557. The van der Waals surface area contributed by atoms with Crippen LogP contribution in [-0.2, 0) is 13.2 Å². The predicted octanol–water partition coefficient (Wildman–Crippen LogP) is 5.10. The second-order valence-corrected chi connectivity index (χ2v) is 8.43. The number of aromatic nitrogens is 2. The number of halogens is 2. The fourth-order valence-corrected chi connectivity index (χ4v) is 4.03. The largest absolute Gasteiger partial charge is 0.471 e. The molecule has 2 aromatic carbocycles. The van der Waals surface area contributed by atoms with E-state index in [9.17, 15) is 13.6 Å². The lowest BCUT2D eigenvalue weighted by atomic mass is 9.86. The minimum atomic E-state index is -0.320. The maximum atomic E-state index is 13.2. The van der Waals surface area contributed by atoms with Crippen LogP contribution >= 0.6 is 0 Å². The summed E-state index contributed by atoms with van der Waals surface area (Å²) in [6, 6.07) is 12.3. The number of rotatable bonds is 7. The molecule has 32 heavy (non-hydrogen) atoms. The lowest BCUT2D eigenvalue weighted by molar-refractivity contribution is 0.0905. The molecule has 1 heterocycles. The van der Waals surface area contributed by atoms with Crippen molar-refractivity contribution in [1.82, 2.24) is 15.1 Å². The van der Waals surface area contributed by atoms with E-state index in [-0.39, 0.29) is 36.1 Å². The summed E-state index contributed by atoms with van der Waals surface area (Å²) in [4.78, 5) is 13.1. The Morgan fingerprint density at radius 3 is 2.31 bits per heavy atom.